The minimum absolute atomic E-state index is 0.209. The first-order valence-electron chi connectivity index (χ1n) is 6.21. The van der Waals surface area contributed by atoms with E-state index in [2.05, 4.69) is 10.5 Å². The lowest BCUT2D eigenvalue weighted by Gasteiger charge is -2.02. The second-order valence-corrected chi connectivity index (χ2v) is 4.83. The molecule has 2 aromatic carbocycles. The Morgan fingerprint density at radius 3 is 2.57 bits per heavy atom. The van der Waals surface area contributed by atoms with Crippen LogP contribution in [-0.4, -0.2) is 11.5 Å². The van der Waals surface area contributed by atoms with E-state index in [-0.39, 0.29) is 5.71 Å². The molecule has 21 heavy (non-hydrogen) atoms. The van der Waals surface area contributed by atoms with Crippen LogP contribution in [0.4, 0.5) is 5.69 Å². The van der Waals surface area contributed by atoms with Crippen LogP contribution < -0.4 is 5.43 Å². The van der Waals surface area contributed by atoms with E-state index in [1.807, 2.05) is 19.1 Å². The molecule has 0 fully saturated rings. The number of ketones is 1. The Balaban J connectivity index is 2.19. The van der Waals surface area contributed by atoms with E-state index >= 15 is 0 Å². The van der Waals surface area contributed by atoms with Gasteiger partial charge >= 0.3 is 0 Å². The van der Waals surface area contributed by atoms with Crippen LogP contribution in [0, 0.1) is 18.3 Å². The molecule has 0 amide bonds. The minimum atomic E-state index is -0.424. The predicted octanol–water partition coefficient (Wildman–Crippen LogP) is 3.82. The highest BCUT2D eigenvalue weighted by Crippen LogP contribution is 2.15. The van der Waals surface area contributed by atoms with Crippen LogP contribution in [0.1, 0.15) is 15.9 Å². The van der Waals surface area contributed by atoms with Crippen LogP contribution in [-0.2, 0) is 0 Å². The number of hydrogen-bond acceptors (Lipinski definition) is 4. The van der Waals surface area contributed by atoms with Gasteiger partial charge in [0, 0.05) is 10.6 Å². The van der Waals surface area contributed by atoms with Gasteiger partial charge in [0.05, 0.1) is 5.69 Å². The summed E-state index contributed by atoms with van der Waals surface area (Å²) in [5.74, 6) is -0.424. The molecule has 0 aliphatic carbocycles. The monoisotopic (exact) mass is 297 g/mol. The van der Waals surface area contributed by atoms with Crippen molar-refractivity contribution < 1.29 is 4.79 Å². The topological polar surface area (TPSA) is 65.2 Å². The number of hydrazone groups is 1. The number of carbonyl (C=O) groups is 1. The number of halogens is 1. The second kappa shape index (κ2) is 6.69. The lowest BCUT2D eigenvalue weighted by molar-refractivity contribution is 0.106. The van der Waals surface area contributed by atoms with Gasteiger partial charge in [-0.15, -0.1) is 0 Å². The normalized spacial score (nSPS) is 10.8. The highest BCUT2D eigenvalue weighted by atomic mass is 35.5. The molecule has 1 N–H and O–H groups in total. The first-order chi connectivity index (χ1) is 10.1. The number of nitrogens with one attached hydrogen (secondary N) is 1. The van der Waals surface area contributed by atoms with Gasteiger partial charge in [0.1, 0.15) is 6.07 Å². The zero-order chi connectivity index (χ0) is 15.2. The Kier molecular flexibility index (Phi) is 4.70. The fourth-order valence-electron chi connectivity index (χ4n) is 1.65. The van der Waals surface area contributed by atoms with Crippen LogP contribution in [0.2, 0.25) is 5.02 Å². The molecule has 0 aromatic heterocycles. The number of carbonyl (C=O) groups excluding carboxylic acids is 1. The average molecular weight is 298 g/mol. The van der Waals surface area contributed by atoms with E-state index in [0.29, 0.717) is 16.3 Å². The lowest BCUT2D eigenvalue weighted by atomic mass is 10.1. The number of rotatable bonds is 4. The van der Waals surface area contributed by atoms with E-state index in [9.17, 15) is 4.79 Å². The van der Waals surface area contributed by atoms with Crippen molar-refractivity contribution in [3.8, 4) is 6.07 Å². The summed E-state index contributed by atoms with van der Waals surface area (Å²) < 4.78 is 0. The van der Waals surface area contributed by atoms with Crippen molar-refractivity contribution in [1.29, 1.82) is 5.26 Å². The number of anilines is 1. The second-order valence-electron chi connectivity index (χ2n) is 4.39. The standard InChI is InChI=1S/C16H12ClN3O/c1-11-5-7-12(8-6-11)16(21)15(10-18)20-19-14-4-2-3-13(17)9-14/h2-9,19H,1H3/b20-15+. The summed E-state index contributed by atoms with van der Waals surface area (Å²) >= 11 is 5.85. The number of hydrogen-bond donors (Lipinski definition) is 1. The van der Waals surface area contributed by atoms with Crippen molar-refractivity contribution in [2.45, 2.75) is 6.92 Å². The third kappa shape index (κ3) is 3.91. The molecule has 0 heterocycles. The molecule has 0 radical (unpaired) electrons. The van der Waals surface area contributed by atoms with Gasteiger partial charge in [-0.3, -0.25) is 10.2 Å². The van der Waals surface area contributed by atoms with Gasteiger partial charge in [0.15, 0.2) is 0 Å². The third-order valence-corrected chi connectivity index (χ3v) is 2.99. The van der Waals surface area contributed by atoms with E-state index in [1.165, 1.54) is 0 Å². The zero-order valence-electron chi connectivity index (χ0n) is 11.3. The Hall–Kier alpha value is -2.64. The van der Waals surface area contributed by atoms with Crippen molar-refractivity contribution in [1.82, 2.24) is 0 Å². The number of nitriles is 1. The van der Waals surface area contributed by atoms with E-state index < -0.39 is 5.78 Å². The molecule has 104 valence electrons. The van der Waals surface area contributed by atoms with Gasteiger partial charge < -0.3 is 0 Å². The summed E-state index contributed by atoms with van der Waals surface area (Å²) in [6.45, 7) is 1.92. The quantitative estimate of drug-likeness (QED) is 0.530. The van der Waals surface area contributed by atoms with Gasteiger partial charge in [-0.25, -0.2) is 0 Å². The van der Waals surface area contributed by atoms with Gasteiger partial charge in [-0.05, 0) is 25.1 Å². The third-order valence-electron chi connectivity index (χ3n) is 2.76. The molecule has 2 rings (SSSR count). The summed E-state index contributed by atoms with van der Waals surface area (Å²) in [6, 6.07) is 15.6. The summed E-state index contributed by atoms with van der Waals surface area (Å²) in [6.07, 6.45) is 0. The number of nitrogens with zero attached hydrogens (tertiary/aromatic N) is 2. The van der Waals surface area contributed by atoms with Gasteiger partial charge in [-0.1, -0.05) is 47.5 Å². The molecule has 0 aliphatic rings. The van der Waals surface area contributed by atoms with Crippen LogP contribution in [0.3, 0.4) is 0 Å². The van der Waals surface area contributed by atoms with E-state index in [0.717, 1.165) is 5.56 Å². The van der Waals surface area contributed by atoms with Crippen molar-refractivity contribution >= 4 is 28.8 Å². The number of Topliss-reactive ketones (excluding diaryl/α,β-unsaturated/α-hetero) is 1. The molecule has 0 bridgehead atoms. The molecule has 0 saturated carbocycles. The molecule has 0 spiro atoms. The minimum Gasteiger partial charge on any atom is -0.286 e. The van der Waals surface area contributed by atoms with Crippen molar-refractivity contribution in [3.63, 3.8) is 0 Å². The SMILES string of the molecule is Cc1ccc(C(=O)/C(C#N)=N/Nc2cccc(Cl)c2)cc1. The van der Waals surface area contributed by atoms with Crippen LogP contribution in [0.15, 0.2) is 53.6 Å². The van der Waals surface area contributed by atoms with Crippen LogP contribution in [0.5, 0.6) is 0 Å². The first kappa shape index (κ1) is 14.8. The highest BCUT2D eigenvalue weighted by Gasteiger charge is 2.13. The highest BCUT2D eigenvalue weighted by molar-refractivity contribution is 6.51. The molecule has 0 atom stereocenters. The average Bonchev–Trinajstić information content (AvgIpc) is 2.48. The Morgan fingerprint density at radius 2 is 1.95 bits per heavy atom. The molecule has 0 saturated heterocycles. The maximum absolute atomic E-state index is 12.2. The van der Waals surface area contributed by atoms with E-state index in [4.69, 9.17) is 16.9 Å². The summed E-state index contributed by atoms with van der Waals surface area (Å²) in [5.41, 5.74) is 4.52. The zero-order valence-corrected chi connectivity index (χ0v) is 12.1. The molecule has 0 unspecified atom stereocenters. The molecule has 0 aliphatic heterocycles. The fourth-order valence-corrected chi connectivity index (χ4v) is 1.84. The summed E-state index contributed by atoms with van der Waals surface area (Å²) in [7, 11) is 0. The Labute approximate surface area is 127 Å². The first-order valence-corrected chi connectivity index (χ1v) is 6.58. The van der Waals surface area contributed by atoms with Gasteiger partial charge in [0.2, 0.25) is 11.5 Å². The van der Waals surface area contributed by atoms with Crippen LogP contribution in [0.25, 0.3) is 0 Å². The van der Waals surface area contributed by atoms with Crippen LogP contribution >= 0.6 is 11.6 Å². The Bertz CT molecular complexity index is 730. The number of benzene rings is 2. The maximum atomic E-state index is 12.2. The van der Waals surface area contributed by atoms with Gasteiger partial charge in [0.25, 0.3) is 0 Å². The molecule has 4 nitrogen and oxygen atoms in total. The van der Waals surface area contributed by atoms with E-state index in [1.54, 1.807) is 42.5 Å². The smallest absolute Gasteiger partial charge is 0.223 e. The summed E-state index contributed by atoms with van der Waals surface area (Å²) in [5, 5.41) is 13.5. The maximum Gasteiger partial charge on any atom is 0.223 e. The van der Waals surface area contributed by atoms with Crippen molar-refractivity contribution in [3.05, 3.63) is 64.7 Å². The molecule has 2 aromatic rings. The largest absolute Gasteiger partial charge is 0.286 e. The van der Waals surface area contributed by atoms with Crippen molar-refractivity contribution in [2.24, 2.45) is 5.10 Å². The fraction of sp³-hybridized carbons (Fsp3) is 0.0625. The molecular formula is C16H12ClN3O. The molecule has 5 heteroatoms. The number of aryl methyl sites for hydroxylation is 1. The van der Waals surface area contributed by atoms with Crippen molar-refractivity contribution in [2.75, 3.05) is 5.43 Å². The Morgan fingerprint density at radius 1 is 1.24 bits per heavy atom. The summed E-state index contributed by atoms with van der Waals surface area (Å²) in [4.78, 5) is 12.2. The predicted molar refractivity (Wildman–Crippen MR) is 83.6 cm³/mol. The van der Waals surface area contributed by atoms with Gasteiger partial charge in [-0.2, -0.15) is 10.4 Å². The lowest BCUT2D eigenvalue weighted by Crippen LogP contribution is -2.14. The molecular weight excluding hydrogens is 286 g/mol.